The Morgan fingerprint density at radius 3 is 2.77 bits per heavy atom. The zero-order valence-corrected chi connectivity index (χ0v) is 14.5. The molecule has 2 N–H and O–H groups in total. The number of carbonyl (C=O) groups excluding carboxylic acids is 2. The van der Waals surface area contributed by atoms with Crippen LogP contribution in [-0.4, -0.2) is 23.6 Å². The Kier molecular flexibility index (Phi) is 5.18. The quantitative estimate of drug-likeness (QED) is 0.857. The van der Waals surface area contributed by atoms with Crippen LogP contribution in [0.15, 0.2) is 47.6 Å². The van der Waals surface area contributed by atoms with E-state index in [1.807, 2.05) is 0 Å². The van der Waals surface area contributed by atoms with Crippen molar-refractivity contribution in [1.29, 1.82) is 0 Å². The van der Waals surface area contributed by atoms with Crippen molar-refractivity contribution in [2.45, 2.75) is 19.4 Å². The summed E-state index contributed by atoms with van der Waals surface area (Å²) in [4.78, 5) is 28.7. The highest BCUT2D eigenvalue weighted by molar-refractivity contribution is 6.34. The molecule has 134 valence electrons. The van der Waals surface area contributed by atoms with E-state index in [9.17, 15) is 14.0 Å². The van der Waals surface area contributed by atoms with Gasteiger partial charge in [0.05, 0.1) is 16.4 Å². The predicted molar refractivity (Wildman–Crippen MR) is 96.8 cm³/mol. The summed E-state index contributed by atoms with van der Waals surface area (Å²) in [6.45, 7) is 1.38. The fraction of sp³-hybridized carbons (Fsp3) is 0.167. The zero-order chi connectivity index (χ0) is 18.7. The topological polar surface area (TPSA) is 79.8 Å². The molecule has 26 heavy (non-hydrogen) atoms. The van der Waals surface area contributed by atoms with Crippen LogP contribution >= 0.6 is 11.6 Å². The van der Waals surface area contributed by atoms with Crippen molar-refractivity contribution in [3.05, 3.63) is 58.9 Å². The van der Waals surface area contributed by atoms with Crippen LogP contribution in [-0.2, 0) is 14.4 Å². The van der Waals surface area contributed by atoms with E-state index < -0.39 is 12.0 Å². The van der Waals surface area contributed by atoms with Crippen molar-refractivity contribution < 1.29 is 18.8 Å². The molecule has 2 aromatic rings. The summed E-state index contributed by atoms with van der Waals surface area (Å²) >= 11 is 6.09. The third-order valence-electron chi connectivity index (χ3n) is 3.66. The molecule has 1 aliphatic rings. The molecule has 0 fully saturated rings. The van der Waals surface area contributed by atoms with Crippen LogP contribution < -0.4 is 10.6 Å². The fourth-order valence-corrected chi connectivity index (χ4v) is 2.64. The Morgan fingerprint density at radius 1 is 1.23 bits per heavy atom. The molecule has 0 aromatic heterocycles. The molecule has 0 aliphatic carbocycles. The van der Waals surface area contributed by atoms with E-state index in [0.29, 0.717) is 27.7 Å². The summed E-state index contributed by atoms with van der Waals surface area (Å²) in [5.41, 5.74) is 1.89. The number of nitrogens with zero attached hydrogens (tertiary/aromatic N) is 1. The van der Waals surface area contributed by atoms with Gasteiger partial charge in [-0.2, -0.15) is 0 Å². The number of benzene rings is 2. The number of hydrogen-bond donors (Lipinski definition) is 2. The van der Waals surface area contributed by atoms with Crippen LogP contribution in [0.5, 0.6) is 0 Å². The molecule has 0 spiro atoms. The van der Waals surface area contributed by atoms with Gasteiger partial charge in [-0.05, 0) is 30.3 Å². The second-order valence-electron chi connectivity index (χ2n) is 5.71. The fourth-order valence-electron chi connectivity index (χ4n) is 2.47. The van der Waals surface area contributed by atoms with E-state index in [0.717, 1.165) is 0 Å². The molecule has 2 amide bonds. The first-order valence-corrected chi connectivity index (χ1v) is 8.17. The first kappa shape index (κ1) is 17.9. The first-order valence-electron chi connectivity index (χ1n) is 7.79. The summed E-state index contributed by atoms with van der Waals surface area (Å²) in [6, 6.07) is 10.6. The Labute approximate surface area is 154 Å². The number of oxime groups is 1. The first-order chi connectivity index (χ1) is 12.4. The third-order valence-corrected chi connectivity index (χ3v) is 3.99. The largest absolute Gasteiger partial charge is 0.382 e. The average Bonchev–Trinajstić information content (AvgIpc) is 3.07. The lowest BCUT2D eigenvalue weighted by atomic mass is 10.0. The summed E-state index contributed by atoms with van der Waals surface area (Å²) in [7, 11) is 0. The Morgan fingerprint density at radius 2 is 2.04 bits per heavy atom. The van der Waals surface area contributed by atoms with Crippen molar-refractivity contribution in [2.75, 3.05) is 10.6 Å². The maximum Gasteiger partial charge on any atom is 0.268 e. The van der Waals surface area contributed by atoms with E-state index in [4.69, 9.17) is 16.4 Å². The van der Waals surface area contributed by atoms with E-state index in [-0.39, 0.29) is 18.1 Å². The van der Waals surface area contributed by atoms with E-state index in [2.05, 4.69) is 15.8 Å². The summed E-state index contributed by atoms with van der Waals surface area (Å²) in [5.74, 6) is -1.07. The Bertz CT molecular complexity index is 901. The van der Waals surface area contributed by atoms with Crippen molar-refractivity contribution in [3.8, 4) is 0 Å². The summed E-state index contributed by atoms with van der Waals surface area (Å²) < 4.78 is 13.3. The number of anilines is 2. The predicted octanol–water partition coefficient (Wildman–Crippen LogP) is 3.57. The molecule has 0 saturated heterocycles. The molecular formula is C18H15ClFN3O3. The third kappa shape index (κ3) is 4.18. The highest BCUT2D eigenvalue weighted by Crippen LogP contribution is 2.27. The molecule has 1 unspecified atom stereocenters. The van der Waals surface area contributed by atoms with Crippen molar-refractivity contribution in [1.82, 2.24) is 0 Å². The molecule has 0 radical (unpaired) electrons. The number of halogens is 2. The van der Waals surface area contributed by atoms with Gasteiger partial charge in [0.25, 0.3) is 5.91 Å². The molecule has 1 heterocycles. The van der Waals surface area contributed by atoms with Gasteiger partial charge in [-0.3, -0.25) is 9.59 Å². The molecule has 6 nitrogen and oxygen atoms in total. The van der Waals surface area contributed by atoms with Crippen LogP contribution in [0.3, 0.4) is 0 Å². The van der Waals surface area contributed by atoms with Crippen LogP contribution in [0.2, 0.25) is 5.02 Å². The lowest BCUT2D eigenvalue weighted by molar-refractivity contribution is -0.125. The summed E-state index contributed by atoms with van der Waals surface area (Å²) in [6.07, 6.45) is -0.646. The normalized spacial score (nSPS) is 15.8. The van der Waals surface area contributed by atoms with Crippen LogP contribution in [0.4, 0.5) is 15.8 Å². The van der Waals surface area contributed by atoms with E-state index in [1.165, 1.54) is 19.1 Å². The number of carbonyl (C=O) groups is 2. The number of amides is 2. The molecule has 0 saturated carbocycles. The minimum atomic E-state index is -0.853. The van der Waals surface area contributed by atoms with Gasteiger partial charge in [-0.1, -0.05) is 28.9 Å². The molecule has 1 aliphatic heterocycles. The SMILES string of the molecule is CC(=O)Nc1ccc(Cl)c(NC(=O)C2CC(c3cccc(F)c3)=NO2)c1. The highest BCUT2D eigenvalue weighted by atomic mass is 35.5. The van der Waals surface area contributed by atoms with Crippen molar-refractivity contribution >= 4 is 40.5 Å². The lowest BCUT2D eigenvalue weighted by Crippen LogP contribution is -2.28. The van der Waals surface area contributed by atoms with Gasteiger partial charge >= 0.3 is 0 Å². The van der Waals surface area contributed by atoms with E-state index >= 15 is 0 Å². The standard InChI is InChI=1S/C18H15ClFN3O3/c1-10(24)21-13-5-6-14(19)16(8-13)22-18(25)17-9-15(23-26-17)11-3-2-4-12(20)7-11/h2-8,17H,9H2,1H3,(H,21,24)(H,22,25). The van der Waals surface area contributed by atoms with Crippen LogP contribution in [0, 0.1) is 5.82 Å². The van der Waals surface area contributed by atoms with Crippen LogP contribution in [0.25, 0.3) is 0 Å². The second-order valence-corrected chi connectivity index (χ2v) is 6.12. The van der Waals surface area contributed by atoms with Gasteiger partial charge in [-0.25, -0.2) is 4.39 Å². The van der Waals surface area contributed by atoms with Crippen molar-refractivity contribution in [2.24, 2.45) is 5.16 Å². The second kappa shape index (κ2) is 7.53. The molecule has 8 heteroatoms. The molecule has 0 bridgehead atoms. The smallest absolute Gasteiger partial charge is 0.268 e. The summed E-state index contributed by atoms with van der Waals surface area (Å²) in [5, 5.41) is 9.45. The van der Waals surface area contributed by atoms with Gasteiger partial charge < -0.3 is 15.5 Å². The van der Waals surface area contributed by atoms with Crippen LogP contribution in [0.1, 0.15) is 18.9 Å². The Balaban J connectivity index is 1.67. The number of nitrogens with one attached hydrogen (secondary N) is 2. The van der Waals surface area contributed by atoms with Crippen molar-refractivity contribution in [3.63, 3.8) is 0 Å². The molecular weight excluding hydrogens is 361 g/mol. The maximum atomic E-state index is 13.3. The van der Waals surface area contributed by atoms with Gasteiger partial charge in [0.2, 0.25) is 12.0 Å². The lowest BCUT2D eigenvalue weighted by Gasteiger charge is -2.12. The molecule has 1 atom stereocenters. The number of hydrogen-bond acceptors (Lipinski definition) is 4. The zero-order valence-electron chi connectivity index (χ0n) is 13.8. The highest BCUT2D eigenvalue weighted by Gasteiger charge is 2.29. The molecule has 3 rings (SSSR count). The molecule has 2 aromatic carbocycles. The maximum absolute atomic E-state index is 13.3. The minimum Gasteiger partial charge on any atom is -0.382 e. The number of rotatable bonds is 4. The van der Waals surface area contributed by atoms with Gasteiger partial charge in [0.15, 0.2) is 0 Å². The minimum absolute atomic E-state index is 0.207. The van der Waals surface area contributed by atoms with Gasteiger partial charge in [0, 0.05) is 24.6 Å². The monoisotopic (exact) mass is 375 g/mol. The van der Waals surface area contributed by atoms with E-state index in [1.54, 1.807) is 30.3 Å². The average molecular weight is 376 g/mol. The van der Waals surface area contributed by atoms with Gasteiger partial charge in [0.1, 0.15) is 5.82 Å². The van der Waals surface area contributed by atoms with Gasteiger partial charge in [-0.15, -0.1) is 0 Å². The Hall–Kier alpha value is -2.93.